The van der Waals surface area contributed by atoms with Crippen molar-refractivity contribution in [2.75, 3.05) is 53.9 Å². The summed E-state index contributed by atoms with van der Waals surface area (Å²) >= 11 is 0. The van der Waals surface area contributed by atoms with Crippen LogP contribution in [0, 0.1) is 5.92 Å². The van der Waals surface area contributed by atoms with Gasteiger partial charge >= 0.3 is 0 Å². The molecule has 3 nitrogen and oxygen atoms in total. The van der Waals surface area contributed by atoms with E-state index in [1.54, 1.807) is 0 Å². The second-order valence-corrected chi connectivity index (χ2v) is 6.07. The smallest absolute Gasteiger partial charge is 0.000451 e. The molecular weight excluding hydrogens is 222 g/mol. The van der Waals surface area contributed by atoms with Gasteiger partial charge in [-0.25, -0.2) is 0 Å². The van der Waals surface area contributed by atoms with Crippen LogP contribution in [0.3, 0.4) is 0 Å². The molecule has 1 aliphatic heterocycles. The van der Waals surface area contributed by atoms with Crippen molar-refractivity contribution < 1.29 is 0 Å². The summed E-state index contributed by atoms with van der Waals surface area (Å²) in [6, 6.07) is 0. The van der Waals surface area contributed by atoms with Crippen molar-refractivity contribution in [3.63, 3.8) is 0 Å². The zero-order valence-corrected chi connectivity index (χ0v) is 12.7. The molecule has 0 spiro atoms. The predicted molar refractivity (Wildman–Crippen MR) is 80.1 cm³/mol. The number of rotatable bonds is 9. The molecule has 3 heteroatoms. The molecule has 1 saturated heterocycles. The van der Waals surface area contributed by atoms with Gasteiger partial charge in [-0.15, -0.1) is 0 Å². The van der Waals surface area contributed by atoms with E-state index in [4.69, 9.17) is 0 Å². The third-order valence-corrected chi connectivity index (χ3v) is 3.98. The molecule has 0 aromatic heterocycles. The summed E-state index contributed by atoms with van der Waals surface area (Å²) in [6.07, 6.45) is 8.32. The van der Waals surface area contributed by atoms with Gasteiger partial charge in [0.15, 0.2) is 0 Å². The van der Waals surface area contributed by atoms with Crippen LogP contribution in [0.1, 0.15) is 38.5 Å². The highest BCUT2D eigenvalue weighted by atomic mass is 15.1. The molecule has 0 unspecified atom stereocenters. The molecule has 1 N–H and O–H groups in total. The molecule has 0 radical (unpaired) electrons. The van der Waals surface area contributed by atoms with E-state index in [9.17, 15) is 0 Å². The van der Waals surface area contributed by atoms with Crippen molar-refractivity contribution in [1.29, 1.82) is 0 Å². The summed E-state index contributed by atoms with van der Waals surface area (Å²) in [4.78, 5) is 5.01. The first-order valence-electron chi connectivity index (χ1n) is 7.74. The molecule has 0 aliphatic carbocycles. The molecule has 1 rings (SSSR count). The van der Waals surface area contributed by atoms with Gasteiger partial charge < -0.3 is 15.1 Å². The zero-order chi connectivity index (χ0) is 13.2. The molecule has 1 fully saturated rings. The number of hydrogen-bond donors (Lipinski definition) is 1. The molecule has 1 heterocycles. The van der Waals surface area contributed by atoms with Crippen LogP contribution in [0.5, 0.6) is 0 Å². The Morgan fingerprint density at radius 1 is 1.06 bits per heavy atom. The van der Waals surface area contributed by atoms with E-state index < -0.39 is 0 Å². The lowest BCUT2D eigenvalue weighted by Gasteiger charge is -2.33. The Balaban J connectivity index is 1.95. The molecule has 1 aliphatic rings. The number of unbranched alkanes of at least 4 members (excludes halogenated alkanes) is 3. The SMILES string of the molecule is CNCCCCCCN1CCC(CN(C)C)CC1. The summed E-state index contributed by atoms with van der Waals surface area (Å²) in [5.74, 6) is 0.937. The Morgan fingerprint density at radius 3 is 2.33 bits per heavy atom. The highest BCUT2D eigenvalue weighted by Gasteiger charge is 2.18. The number of hydrogen-bond acceptors (Lipinski definition) is 3. The Morgan fingerprint density at radius 2 is 1.72 bits per heavy atom. The van der Waals surface area contributed by atoms with Crippen molar-refractivity contribution in [3.05, 3.63) is 0 Å². The van der Waals surface area contributed by atoms with Gasteiger partial charge in [0.25, 0.3) is 0 Å². The van der Waals surface area contributed by atoms with E-state index in [-0.39, 0.29) is 0 Å². The van der Waals surface area contributed by atoms with Crippen molar-refractivity contribution in [1.82, 2.24) is 15.1 Å². The van der Waals surface area contributed by atoms with Crippen LogP contribution in [0.15, 0.2) is 0 Å². The molecule has 0 atom stereocenters. The fourth-order valence-electron chi connectivity index (χ4n) is 2.90. The summed E-state index contributed by atoms with van der Waals surface area (Å²) in [6.45, 7) is 6.44. The lowest BCUT2D eigenvalue weighted by molar-refractivity contribution is 0.160. The van der Waals surface area contributed by atoms with Gasteiger partial charge in [-0.1, -0.05) is 12.8 Å². The normalized spacial score (nSPS) is 18.7. The Hall–Kier alpha value is -0.120. The number of likely N-dealkylation sites (tertiary alicyclic amines) is 1. The third-order valence-electron chi connectivity index (χ3n) is 3.98. The molecular formula is C15H33N3. The molecule has 0 aromatic rings. The minimum Gasteiger partial charge on any atom is -0.320 e. The molecule has 108 valence electrons. The van der Waals surface area contributed by atoms with Crippen LogP contribution in [-0.4, -0.2) is 63.7 Å². The van der Waals surface area contributed by atoms with Crippen LogP contribution in [0.2, 0.25) is 0 Å². The summed E-state index contributed by atoms with van der Waals surface area (Å²) in [7, 11) is 6.42. The van der Waals surface area contributed by atoms with Crippen molar-refractivity contribution >= 4 is 0 Å². The van der Waals surface area contributed by atoms with E-state index in [2.05, 4.69) is 29.2 Å². The monoisotopic (exact) mass is 255 g/mol. The standard InChI is InChI=1S/C15H33N3/c1-16-10-6-4-5-7-11-18-12-8-15(9-13-18)14-17(2)3/h15-16H,4-14H2,1-3H3. The molecule has 18 heavy (non-hydrogen) atoms. The van der Waals surface area contributed by atoms with Gasteiger partial charge in [0.05, 0.1) is 0 Å². The average molecular weight is 255 g/mol. The van der Waals surface area contributed by atoms with E-state index in [0.717, 1.165) is 5.92 Å². The minimum absolute atomic E-state index is 0.937. The Bertz CT molecular complexity index is 186. The van der Waals surface area contributed by atoms with Crippen LogP contribution < -0.4 is 5.32 Å². The van der Waals surface area contributed by atoms with Crippen molar-refractivity contribution in [2.45, 2.75) is 38.5 Å². The Labute approximate surface area is 114 Å². The molecule has 0 aromatic carbocycles. The number of piperidine rings is 1. The van der Waals surface area contributed by atoms with Crippen LogP contribution >= 0.6 is 0 Å². The van der Waals surface area contributed by atoms with Gasteiger partial charge in [0.2, 0.25) is 0 Å². The second-order valence-electron chi connectivity index (χ2n) is 6.07. The largest absolute Gasteiger partial charge is 0.320 e. The maximum absolute atomic E-state index is 3.21. The first-order chi connectivity index (χ1) is 8.72. The average Bonchev–Trinajstić information content (AvgIpc) is 2.35. The van der Waals surface area contributed by atoms with Gasteiger partial charge in [-0.05, 0) is 78.9 Å². The minimum atomic E-state index is 0.937. The van der Waals surface area contributed by atoms with Crippen LogP contribution in [0.25, 0.3) is 0 Å². The first kappa shape index (κ1) is 15.9. The van der Waals surface area contributed by atoms with Crippen molar-refractivity contribution in [3.8, 4) is 0 Å². The molecule has 0 amide bonds. The molecule has 0 saturated carbocycles. The topological polar surface area (TPSA) is 18.5 Å². The third kappa shape index (κ3) is 7.34. The first-order valence-corrected chi connectivity index (χ1v) is 7.74. The van der Waals surface area contributed by atoms with E-state index in [1.165, 1.54) is 71.2 Å². The van der Waals surface area contributed by atoms with Gasteiger partial charge in [0, 0.05) is 6.54 Å². The fraction of sp³-hybridized carbons (Fsp3) is 1.00. The second kappa shape index (κ2) is 9.76. The maximum atomic E-state index is 3.21. The fourth-order valence-corrected chi connectivity index (χ4v) is 2.90. The van der Waals surface area contributed by atoms with Gasteiger partial charge in [-0.2, -0.15) is 0 Å². The van der Waals surface area contributed by atoms with Gasteiger partial charge in [-0.3, -0.25) is 0 Å². The Kier molecular flexibility index (Phi) is 8.64. The van der Waals surface area contributed by atoms with Crippen LogP contribution in [0.4, 0.5) is 0 Å². The summed E-state index contributed by atoms with van der Waals surface area (Å²) in [5, 5.41) is 3.21. The summed E-state index contributed by atoms with van der Waals surface area (Å²) < 4.78 is 0. The number of nitrogens with one attached hydrogen (secondary N) is 1. The summed E-state index contributed by atoms with van der Waals surface area (Å²) in [5.41, 5.74) is 0. The van der Waals surface area contributed by atoms with Gasteiger partial charge in [0.1, 0.15) is 0 Å². The highest BCUT2D eigenvalue weighted by molar-refractivity contribution is 4.73. The predicted octanol–water partition coefficient (Wildman–Crippen LogP) is 2.04. The lowest BCUT2D eigenvalue weighted by Crippen LogP contribution is -2.37. The highest BCUT2D eigenvalue weighted by Crippen LogP contribution is 2.18. The lowest BCUT2D eigenvalue weighted by atomic mass is 9.96. The van der Waals surface area contributed by atoms with E-state index >= 15 is 0 Å². The number of nitrogens with zero attached hydrogens (tertiary/aromatic N) is 2. The quantitative estimate of drug-likeness (QED) is 0.636. The zero-order valence-electron chi connectivity index (χ0n) is 12.7. The molecule has 0 bridgehead atoms. The maximum Gasteiger partial charge on any atom is 0.000451 e. The van der Waals surface area contributed by atoms with Crippen LogP contribution in [-0.2, 0) is 0 Å². The van der Waals surface area contributed by atoms with E-state index in [0.29, 0.717) is 0 Å². The van der Waals surface area contributed by atoms with Crippen molar-refractivity contribution in [2.24, 2.45) is 5.92 Å². The van der Waals surface area contributed by atoms with E-state index in [1.807, 2.05) is 7.05 Å².